The summed E-state index contributed by atoms with van der Waals surface area (Å²) in [5.74, 6) is 1.93. The monoisotopic (exact) mass is 307 g/mol. The number of hydrogen-bond donors (Lipinski definition) is 1. The minimum atomic E-state index is 0.637. The topological polar surface area (TPSA) is 28.2 Å². The van der Waals surface area contributed by atoms with Crippen LogP contribution in [0.5, 0.6) is 0 Å². The van der Waals surface area contributed by atoms with Crippen molar-refractivity contribution in [1.82, 2.24) is 15.2 Å². The molecule has 1 aromatic rings. The van der Waals surface area contributed by atoms with Crippen molar-refractivity contribution in [3.05, 3.63) is 29.6 Å². The van der Waals surface area contributed by atoms with Gasteiger partial charge in [-0.25, -0.2) is 0 Å². The lowest BCUT2D eigenvalue weighted by molar-refractivity contribution is 0.202. The molecule has 2 rings (SSSR count). The summed E-state index contributed by atoms with van der Waals surface area (Å²) >= 11 is 2.08. The first kappa shape index (κ1) is 16.8. The molecule has 1 aliphatic rings. The molecule has 0 aliphatic carbocycles. The van der Waals surface area contributed by atoms with Crippen LogP contribution in [0.2, 0.25) is 0 Å². The van der Waals surface area contributed by atoms with Gasteiger partial charge in [-0.1, -0.05) is 26.8 Å². The molecule has 118 valence electrons. The highest BCUT2D eigenvalue weighted by Gasteiger charge is 2.25. The Hall–Kier alpha value is -0.580. The third-order valence-corrected chi connectivity index (χ3v) is 5.49. The molecule has 0 spiro atoms. The minimum absolute atomic E-state index is 0.637. The molecule has 2 unspecified atom stereocenters. The lowest BCUT2D eigenvalue weighted by atomic mass is 10.2. The van der Waals surface area contributed by atoms with Gasteiger partial charge in [0.25, 0.3) is 0 Å². The van der Waals surface area contributed by atoms with Crippen LogP contribution in [-0.2, 0) is 13.1 Å². The van der Waals surface area contributed by atoms with Crippen LogP contribution in [0.25, 0.3) is 0 Å². The number of rotatable bonds is 6. The highest BCUT2D eigenvalue weighted by atomic mass is 32.2. The summed E-state index contributed by atoms with van der Waals surface area (Å²) in [7, 11) is 0. The Morgan fingerprint density at radius 1 is 1.38 bits per heavy atom. The summed E-state index contributed by atoms with van der Waals surface area (Å²) in [5.41, 5.74) is 2.46. The Morgan fingerprint density at radius 3 is 2.86 bits per heavy atom. The second kappa shape index (κ2) is 8.16. The maximum Gasteiger partial charge on any atom is 0.0544 e. The van der Waals surface area contributed by atoms with Gasteiger partial charge in [-0.05, 0) is 31.0 Å². The van der Waals surface area contributed by atoms with Crippen molar-refractivity contribution in [2.24, 2.45) is 5.92 Å². The fourth-order valence-corrected chi connectivity index (χ4v) is 3.75. The Kier molecular flexibility index (Phi) is 6.52. The quantitative estimate of drug-likeness (QED) is 0.874. The fourth-order valence-electron chi connectivity index (χ4n) is 2.59. The van der Waals surface area contributed by atoms with Crippen LogP contribution >= 0.6 is 11.8 Å². The first-order chi connectivity index (χ1) is 10.1. The zero-order valence-electron chi connectivity index (χ0n) is 13.8. The Bertz CT molecular complexity index is 419. The molecule has 0 amide bonds. The molecule has 0 saturated carbocycles. The first-order valence-corrected chi connectivity index (χ1v) is 9.11. The third kappa shape index (κ3) is 5.28. The third-order valence-electron chi connectivity index (χ3n) is 4.15. The average molecular weight is 308 g/mol. The van der Waals surface area contributed by atoms with Crippen molar-refractivity contribution < 1.29 is 0 Å². The van der Waals surface area contributed by atoms with Gasteiger partial charge in [0.05, 0.1) is 5.69 Å². The van der Waals surface area contributed by atoms with Crippen molar-refractivity contribution in [3.63, 3.8) is 0 Å². The minimum Gasteiger partial charge on any atom is -0.312 e. The zero-order chi connectivity index (χ0) is 15.2. The first-order valence-electron chi connectivity index (χ1n) is 8.06. The van der Waals surface area contributed by atoms with E-state index in [4.69, 9.17) is 0 Å². The number of nitrogens with one attached hydrogen (secondary N) is 1. The van der Waals surface area contributed by atoms with E-state index in [2.05, 4.69) is 66.8 Å². The molecular weight excluding hydrogens is 278 g/mol. The zero-order valence-corrected chi connectivity index (χ0v) is 14.6. The molecule has 0 radical (unpaired) electrons. The van der Waals surface area contributed by atoms with Gasteiger partial charge in [0.1, 0.15) is 0 Å². The number of aromatic nitrogens is 1. The average Bonchev–Trinajstić information content (AvgIpc) is 2.45. The Labute approximate surface area is 133 Å². The van der Waals surface area contributed by atoms with Crippen LogP contribution in [0.1, 0.15) is 39.0 Å². The van der Waals surface area contributed by atoms with E-state index < -0.39 is 0 Å². The van der Waals surface area contributed by atoms with Gasteiger partial charge in [0.2, 0.25) is 0 Å². The molecule has 1 saturated heterocycles. The second-order valence-corrected chi connectivity index (χ2v) is 7.95. The molecule has 2 heterocycles. The lowest BCUT2D eigenvalue weighted by Crippen LogP contribution is -2.44. The van der Waals surface area contributed by atoms with Gasteiger partial charge in [-0.2, -0.15) is 11.8 Å². The predicted octanol–water partition coefficient (Wildman–Crippen LogP) is 3.15. The molecule has 2 atom stereocenters. The SMILES string of the molecule is CC(C)CNCc1ccc(CN2CCSC(C)C2C)nc1. The highest BCUT2D eigenvalue weighted by molar-refractivity contribution is 8.00. The van der Waals surface area contributed by atoms with Crippen molar-refractivity contribution >= 4 is 11.8 Å². The van der Waals surface area contributed by atoms with Gasteiger partial charge in [-0.15, -0.1) is 0 Å². The molecule has 21 heavy (non-hydrogen) atoms. The summed E-state index contributed by atoms with van der Waals surface area (Å²) in [6.45, 7) is 13.3. The Morgan fingerprint density at radius 2 is 2.19 bits per heavy atom. The van der Waals surface area contributed by atoms with E-state index in [0.29, 0.717) is 12.0 Å². The van der Waals surface area contributed by atoms with E-state index in [9.17, 15) is 0 Å². The van der Waals surface area contributed by atoms with Crippen LogP contribution in [-0.4, -0.2) is 40.0 Å². The standard InChI is InChI=1S/C17H29N3S/c1-13(2)9-18-10-16-5-6-17(19-11-16)12-20-7-8-21-15(4)14(20)3/h5-6,11,13-15,18H,7-10,12H2,1-4H3. The van der Waals surface area contributed by atoms with Crippen molar-refractivity contribution in [1.29, 1.82) is 0 Å². The molecule has 1 N–H and O–H groups in total. The van der Waals surface area contributed by atoms with Crippen LogP contribution in [0, 0.1) is 5.92 Å². The smallest absolute Gasteiger partial charge is 0.0544 e. The van der Waals surface area contributed by atoms with Crippen LogP contribution < -0.4 is 5.32 Å². The molecule has 3 nitrogen and oxygen atoms in total. The molecule has 0 bridgehead atoms. The number of nitrogens with zero attached hydrogens (tertiary/aromatic N) is 2. The van der Waals surface area contributed by atoms with Crippen LogP contribution in [0.3, 0.4) is 0 Å². The molecular formula is C17H29N3S. The summed E-state index contributed by atoms with van der Waals surface area (Å²) in [5, 5.41) is 4.18. The van der Waals surface area contributed by atoms with E-state index in [-0.39, 0.29) is 0 Å². The number of thioether (sulfide) groups is 1. The van der Waals surface area contributed by atoms with Crippen LogP contribution in [0.15, 0.2) is 18.3 Å². The summed E-state index contributed by atoms with van der Waals surface area (Å²) in [6.07, 6.45) is 2.02. The van der Waals surface area contributed by atoms with Crippen molar-refractivity contribution in [2.75, 3.05) is 18.8 Å². The van der Waals surface area contributed by atoms with E-state index in [1.165, 1.54) is 23.6 Å². The van der Waals surface area contributed by atoms with Gasteiger partial charge in [0, 0.05) is 42.9 Å². The van der Waals surface area contributed by atoms with Crippen molar-refractivity contribution in [3.8, 4) is 0 Å². The largest absolute Gasteiger partial charge is 0.312 e. The Balaban J connectivity index is 1.84. The number of pyridine rings is 1. The second-order valence-electron chi connectivity index (χ2n) is 6.47. The van der Waals surface area contributed by atoms with Gasteiger partial charge in [-0.3, -0.25) is 9.88 Å². The van der Waals surface area contributed by atoms with E-state index >= 15 is 0 Å². The molecule has 4 heteroatoms. The van der Waals surface area contributed by atoms with Crippen molar-refractivity contribution in [2.45, 2.75) is 52.1 Å². The predicted molar refractivity (Wildman–Crippen MR) is 92.6 cm³/mol. The maximum atomic E-state index is 4.64. The molecule has 1 aliphatic heterocycles. The van der Waals surface area contributed by atoms with Gasteiger partial charge in [0.15, 0.2) is 0 Å². The lowest BCUT2D eigenvalue weighted by Gasteiger charge is -2.37. The van der Waals surface area contributed by atoms with E-state index in [0.717, 1.165) is 24.9 Å². The van der Waals surface area contributed by atoms with E-state index in [1.807, 2.05) is 6.20 Å². The number of hydrogen-bond acceptors (Lipinski definition) is 4. The van der Waals surface area contributed by atoms with E-state index in [1.54, 1.807) is 0 Å². The fraction of sp³-hybridized carbons (Fsp3) is 0.706. The summed E-state index contributed by atoms with van der Waals surface area (Å²) in [6, 6.07) is 5.03. The molecule has 1 aromatic heterocycles. The van der Waals surface area contributed by atoms with Crippen LogP contribution in [0.4, 0.5) is 0 Å². The molecule has 0 aromatic carbocycles. The highest BCUT2D eigenvalue weighted by Crippen LogP contribution is 2.25. The normalized spacial score (nSPS) is 23.7. The van der Waals surface area contributed by atoms with Gasteiger partial charge < -0.3 is 5.32 Å². The molecule has 1 fully saturated rings. The van der Waals surface area contributed by atoms with Gasteiger partial charge >= 0.3 is 0 Å². The summed E-state index contributed by atoms with van der Waals surface area (Å²) in [4.78, 5) is 7.20. The maximum absolute atomic E-state index is 4.64. The summed E-state index contributed by atoms with van der Waals surface area (Å²) < 4.78 is 0.